The number of rotatable bonds is 4. The minimum atomic E-state index is -2.26. The largest absolute Gasteiger partial charge is 0.394 e. The predicted molar refractivity (Wildman–Crippen MR) is 103 cm³/mol. The van der Waals surface area contributed by atoms with Crippen molar-refractivity contribution in [3.63, 3.8) is 0 Å². The number of halogens is 1. The first-order valence-corrected chi connectivity index (χ1v) is 8.81. The summed E-state index contributed by atoms with van der Waals surface area (Å²) in [6, 6.07) is 3.89. The van der Waals surface area contributed by atoms with E-state index in [-0.39, 0.29) is 11.9 Å². The third-order valence-electron chi connectivity index (χ3n) is 5.10. The lowest BCUT2D eigenvalue weighted by molar-refractivity contribution is 0.110. The highest BCUT2D eigenvalue weighted by Crippen LogP contribution is 2.42. The molecule has 1 saturated carbocycles. The van der Waals surface area contributed by atoms with Crippen molar-refractivity contribution < 1.29 is 5.11 Å². The third kappa shape index (κ3) is 3.42. The van der Waals surface area contributed by atoms with Crippen LogP contribution in [0.5, 0.6) is 0 Å². The highest BCUT2D eigenvalue weighted by Gasteiger charge is 2.40. The van der Waals surface area contributed by atoms with Crippen LogP contribution in [0.1, 0.15) is 44.0 Å². The van der Waals surface area contributed by atoms with Gasteiger partial charge in [0.1, 0.15) is 24.3 Å². The van der Waals surface area contributed by atoms with E-state index < -0.39 is 10.6 Å². The molecule has 1 aliphatic carbocycles. The fourth-order valence-corrected chi connectivity index (χ4v) is 3.69. The van der Waals surface area contributed by atoms with Crippen LogP contribution in [-0.2, 0) is 5.50 Å². The van der Waals surface area contributed by atoms with Gasteiger partial charge < -0.3 is 9.67 Å². The van der Waals surface area contributed by atoms with Crippen LogP contribution in [-0.4, -0.2) is 51.0 Å². The maximum atomic E-state index is 10.8. The van der Waals surface area contributed by atoms with Gasteiger partial charge in [0.05, 0.1) is 46.8 Å². The number of aliphatic hydroxyl groups is 1. The molecule has 3 rings (SSSR count). The second kappa shape index (κ2) is 6.98. The Morgan fingerprint density at radius 3 is 2.50 bits per heavy atom. The van der Waals surface area contributed by atoms with Crippen molar-refractivity contribution in [1.82, 2.24) is 14.5 Å². The number of imidazole rings is 1. The zero-order chi connectivity index (χ0) is 19.1. The minimum absolute atomic E-state index is 0.000773. The van der Waals surface area contributed by atoms with Crippen LogP contribution >= 0.6 is 11.6 Å². The average Bonchev–Trinajstić information content (AvgIpc) is 2.94. The predicted octanol–water partition coefficient (Wildman–Crippen LogP) is 1.62. The number of fused-ring (bicyclic) bond motifs is 1. The van der Waals surface area contributed by atoms with E-state index in [1.54, 1.807) is 6.07 Å². The van der Waals surface area contributed by atoms with Gasteiger partial charge in [-0.25, -0.2) is 9.97 Å². The van der Waals surface area contributed by atoms with E-state index in [1.807, 2.05) is 4.57 Å². The molecule has 0 amide bonds. The Labute approximate surface area is 163 Å². The Hall–Kier alpha value is -1.38. The second-order valence-corrected chi connectivity index (χ2v) is 7.42. The fraction of sp³-hybridized carbons (Fsp3) is 0.562. The summed E-state index contributed by atoms with van der Waals surface area (Å²) in [7, 11) is 23.1. The summed E-state index contributed by atoms with van der Waals surface area (Å²) in [5.41, 5.74) is -1.07. The number of nitriles is 1. The lowest BCUT2D eigenvalue weighted by atomic mass is 9.32. The molecule has 0 saturated heterocycles. The molecule has 26 heavy (non-hydrogen) atoms. The Balaban J connectivity index is 2.09. The maximum Gasteiger partial charge on any atom is 0.131 e. The van der Waals surface area contributed by atoms with E-state index in [1.165, 1.54) is 6.20 Å². The van der Waals surface area contributed by atoms with Crippen LogP contribution in [0.25, 0.3) is 11.0 Å². The maximum absolute atomic E-state index is 10.8. The second-order valence-electron chi connectivity index (χ2n) is 7.04. The van der Waals surface area contributed by atoms with Gasteiger partial charge in [-0.3, -0.25) is 0 Å². The highest BCUT2D eigenvalue weighted by molar-refractivity contribution is 6.62. The van der Waals surface area contributed by atoms with E-state index in [9.17, 15) is 5.11 Å². The van der Waals surface area contributed by atoms with Crippen molar-refractivity contribution in [2.75, 3.05) is 0 Å². The van der Waals surface area contributed by atoms with Crippen LogP contribution in [0.2, 0.25) is 10.3 Å². The smallest absolute Gasteiger partial charge is 0.131 e. The summed E-state index contributed by atoms with van der Waals surface area (Å²) >= 11 is 6.05. The van der Waals surface area contributed by atoms with Crippen LogP contribution < -0.4 is 0 Å². The molecular formula is C16H15B4ClN4O. The number of hydrogen-bond acceptors (Lipinski definition) is 4. The van der Waals surface area contributed by atoms with Gasteiger partial charge >= 0.3 is 0 Å². The summed E-state index contributed by atoms with van der Waals surface area (Å²) in [6.07, 6.45) is 5.41. The molecule has 0 spiro atoms. The monoisotopic (exact) mass is 358 g/mol. The first-order chi connectivity index (χ1) is 12.1. The Morgan fingerprint density at radius 2 is 1.92 bits per heavy atom. The van der Waals surface area contributed by atoms with Gasteiger partial charge in [0.2, 0.25) is 0 Å². The molecule has 124 valence electrons. The number of hydrogen-bond donors (Lipinski definition) is 1. The van der Waals surface area contributed by atoms with Crippen LogP contribution in [0.15, 0.2) is 12.3 Å². The summed E-state index contributed by atoms with van der Waals surface area (Å²) in [4.78, 5) is 8.42. The number of pyridine rings is 1. The van der Waals surface area contributed by atoms with Crippen molar-refractivity contribution >= 4 is 54.0 Å². The van der Waals surface area contributed by atoms with Crippen molar-refractivity contribution in [2.24, 2.45) is 5.92 Å². The third-order valence-corrected chi connectivity index (χ3v) is 5.31. The van der Waals surface area contributed by atoms with E-state index in [0.717, 1.165) is 25.7 Å². The van der Waals surface area contributed by atoms with Crippen LogP contribution in [0.4, 0.5) is 0 Å². The molecule has 0 bridgehead atoms. The van der Waals surface area contributed by atoms with Gasteiger partial charge in [0.25, 0.3) is 0 Å². The summed E-state index contributed by atoms with van der Waals surface area (Å²) in [5.74, 6) is 0.446. The van der Waals surface area contributed by atoms with E-state index >= 15 is 0 Å². The van der Waals surface area contributed by atoms with Crippen LogP contribution in [0, 0.1) is 17.2 Å². The molecular weight excluding hydrogens is 343 g/mol. The molecule has 10 heteroatoms. The minimum Gasteiger partial charge on any atom is -0.394 e. The van der Waals surface area contributed by atoms with E-state index in [0.29, 0.717) is 28.5 Å². The fourth-order valence-electron chi connectivity index (χ4n) is 3.54. The topological polar surface area (TPSA) is 74.7 Å². The van der Waals surface area contributed by atoms with Crippen LogP contribution in [0.3, 0.4) is 0 Å². The van der Waals surface area contributed by atoms with Crippen molar-refractivity contribution in [1.29, 1.82) is 5.26 Å². The number of aromatic nitrogens is 3. The molecule has 1 fully saturated rings. The highest BCUT2D eigenvalue weighted by atomic mass is 35.5. The molecule has 1 atom stereocenters. The Morgan fingerprint density at radius 1 is 1.27 bits per heavy atom. The lowest BCUT2D eigenvalue weighted by Gasteiger charge is -2.41. The van der Waals surface area contributed by atoms with Gasteiger partial charge in [-0.2, -0.15) is 5.26 Å². The quantitative estimate of drug-likeness (QED) is 0.666. The molecule has 5 nitrogen and oxygen atoms in total. The van der Waals surface area contributed by atoms with Gasteiger partial charge in [0, 0.05) is 18.5 Å². The summed E-state index contributed by atoms with van der Waals surface area (Å²) in [5, 5.41) is 17.9. The Bertz CT molecular complexity index is 850. The van der Waals surface area contributed by atoms with Gasteiger partial charge in [-0.05, 0) is 31.6 Å². The average molecular weight is 358 g/mol. The van der Waals surface area contributed by atoms with E-state index in [2.05, 4.69) is 16.0 Å². The SMILES string of the molecule is [B]C([B])([B])C([B])(O)c1nc2cnc(Cl)cc2n1C1CCC(CC#N)CC1. The van der Waals surface area contributed by atoms with Gasteiger partial charge in [-0.15, -0.1) is 5.11 Å². The van der Waals surface area contributed by atoms with Gasteiger partial charge in [0.15, 0.2) is 0 Å². The molecule has 0 aliphatic heterocycles. The zero-order valence-corrected chi connectivity index (χ0v) is 15.0. The Kier molecular flexibility index (Phi) is 5.20. The summed E-state index contributed by atoms with van der Waals surface area (Å²) < 4.78 is 1.81. The first-order valence-electron chi connectivity index (χ1n) is 8.44. The summed E-state index contributed by atoms with van der Waals surface area (Å²) in [6.45, 7) is 0. The molecule has 1 N–H and O–H groups in total. The zero-order valence-electron chi connectivity index (χ0n) is 14.3. The normalized spacial score (nSPS) is 23.4. The molecule has 2 aromatic heterocycles. The van der Waals surface area contributed by atoms with Crippen molar-refractivity contribution in [3.05, 3.63) is 23.2 Å². The first kappa shape index (κ1) is 19.4. The number of nitrogens with zero attached hydrogens (tertiary/aromatic N) is 4. The van der Waals surface area contributed by atoms with Crippen molar-refractivity contribution in [2.45, 2.75) is 48.8 Å². The molecule has 1 unspecified atom stereocenters. The van der Waals surface area contributed by atoms with Gasteiger partial charge in [-0.1, -0.05) is 11.6 Å². The molecule has 0 aromatic carbocycles. The molecule has 1 aliphatic rings. The lowest BCUT2D eigenvalue weighted by Crippen LogP contribution is -2.45. The molecule has 8 radical (unpaired) electrons. The van der Waals surface area contributed by atoms with Crippen molar-refractivity contribution in [3.8, 4) is 6.07 Å². The molecule has 2 heterocycles. The van der Waals surface area contributed by atoms with E-state index in [4.69, 9.17) is 48.2 Å². The molecule has 2 aromatic rings. The standard InChI is InChI=1S/C16H15B4ClN4O/c17-15(26,16(18,19)20)14-24-11-8-23-13(21)7-12(11)25(14)10-3-1-9(2-4-10)5-6-22/h7-10,26H,1-5H2.